The molecule has 0 radical (unpaired) electrons. The van der Waals surface area contributed by atoms with Gasteiger partial charge in [-0.3, -0.25) is 14.4 Å². The number of hydrogen-bond acceptors (Lipinski definition) is 5. The Morgan fingerprint density at radius 1 is 0.976 bits per heavy atom. The van der Waals surface area contributed by atoms with Crippen molar-refractivity contribution >= 4 is 61.0 Å². The van der Waals surface area contributed by atoms with E-state index < -0.39 is 11.9 Å². The Labute approximate surface area is 262 Å². The molecule has 41 heavy (non-hydrogen) atoms. The lowest BCUT2D eigenvalue weighted by atomic mass is 9.63. The van der Waals surface area contributed by atoms with Crippen molar-refractivity contribution < 1.29 is 24.2 Å². The van der Waals surface area contributed by atoms with Crippen molar-refractivity contribution in [2.45, 2.75) is 65.9 Å². The smallest absolute Gasteiger partial charge is 0.323 e. The Bertz CT molecular complexity index is 1490. The number of halogens is 3. The molecule has 6 nitrogen and oxygen atoms in total. The molecule has 0 saturated heterocycles. The zero-order valence-corrected chi connectivity index (χ0v) is 27.4. The number of nitrogens with zero attached hydrogens (tertiary/aromatic N) is 1. The van der Waals surface area contributed by atoms with Gasteiger partial charge in [0.25, 0.3) is 0 Å². The number of carbonyl (C=O) groups excluding carboxylic acids is 2. The maximum Gasteiger partial charge on any atom is 0.323 e. The molecule has 0 saturated carbocycles. The summed E-state index contributed by atoms with van der Waals surface area (Å²) in [5.41, 5.74) is 3.23. The minimum Gasteiger partial charge on any atom is -0.487 e. The first kappa shape index (κ1) is 30.1. The molecule has 0 atom stereocenters. The molecule has 0 aromatic heterocycles. The number of carbonyl (C=O) groups is 3. The summed E-state index contributed by atoms with van der Waals surface area (Å²) in [5.74, 6) is -1.31. The van der Waals surface area contributed by atoms with Crippen molar-refractivity contribution in [3.8, 4) is 5.75 Å². The van der Waals surface area contributed by atoms with E-state index in [0.717, 1.165) is 10.0 Å². The van der Waals surface area contributed by atoms with Gasteiger partial charge in [-0.25, -0.2) is 0 Å². The highest BCUT2D eigenvalue weighted by atomic mass is 79.9. The summed E-state index contributed by atoms with van der Waals surface area (Å²) < 4.78 is 7.86. The fourth-order valence-corrected chi connectivity index (χ4v) is 8.00. The average molecular weight is 706 g/mol. The van der Waals surface area contributed by atoms with Crippen LogP contribution in [0.15, 0.2) is 67.9 Å². The van der Waals surface area contributed by atoms with Gasteiger partial charge in [0.15, 0.2) is 11.6 Å². The van der Waals surface area contributed by atoms with Crippen molar-refractivity contribution in [2.75, 3.05) is 6.54 Å². The number of hydrogen-bond donors (Lipinski definition) is 1. The predicted octanol–water partition coefficient (Wildman–Crippen LogP) is 8.21. The highest BCUT2D eigenvalue weighted by Crippen LogP contribution is 2.56. The SMILES string of the molecule is CC1(C)CC(=O)C2=C(C1)N(CC(=O)O)C1=C(C(=O)CC(C)(C)C1)C2c1cc(Br)cc(Br)c1OCc1cccc(Cl)c1. The molecule has 1 aliphatic heterocycles. The Morgan fingerprint density at radius 2 is 1.56 bits per heavy atom. The second-order valence-corrected chi connectivity index (χ2v) is 14.9. The van der Waals surface area contributed by atoms with Gasteiger partial charge < -0.3 is 14.7 Å². The molecule has 0 spiro atoms. The van der Waals surface area contributed by atoms with Crippen molar-refractivity contribution in [1.82, 2.24) is 4.90 Å². The first-order valence-corrected chi connectivity index (χ1v) is 15.5. The van der Waals surface area contributed by atoms with Gasteiger partial charge in [0.1, 0.15) is 18.9 Å². The van der Waals surface area contributed by atoms with Crippen LogP contribution in [-0.2, 0) is 21.0 Å². The zero-order chi connectivity index (χ0) is 29.9. The quantitative estimate of drug-likeness (QED) is 0.326. The second kappa shape index (κ2) is 11.0. The van der Waals surface area contributed by atoms with Gasteiger partial charge in [0, 0.05) is 56.4 Å². The van der Waals surface area contributed by atoms with Crippen LogP contribution in [0.25, 0.3) is 0 Å². The highest BCUT2D eigenvalue weighted by molar-refractivity contribution is 9.11. The van der Waals surface area contributed by atoms with E-state index in [1.807, 2.05) is 58.0 Å². The minimum absolute atomic E-state index is 0.0716. The molecule has 0 unspecified atom stereocenters. The summed E-state index contributed by atoms with van der Waals surface area (Å²) >= 11 is 13.5. The van der Waals surface area contributed by atoms with Gasteiger partial charge in [-0.15, -0.1) is 0 Å². The molecule has 216 valence electrons. The molecule has 1 heterocycles. The molecule has 0 fully saturated rings. The number of carboxylic acid groups (broad SMARTS) is 1. The number of Topliss-reactive ketones (excluding diaryl/α,β-unsaturated/α-hetero) is 2. The summed E-state index contributed by atoms with van der Waals surface area (Å²) in [7, 11) is 0. The zero-order valence-electron chi connectivity index (χ0n) is 23.4. The Balaban J connectivity index is 1.75. The van der Waals surface area contributed by atoms with Gasteiger partial charge in [-0.05, 0) is 69.4 Å². The van der Waals surface area contributed by atoms with E-state index in [1.54, 1.807) is 11.0 Å². The average Bonchev–Trinajstić information content (AvgIpc) is 2.82. The van der Waals surface area contributed by atoms with Crippen molar-refractivity contribution in [2.24, 2.45) is 10.8 Å². The van der Waals surface area contributed by atoms with E-state index in [9.17, 15) is 19.5 Å². The molecule has 9 heteroatoms. The Kier molecular flexibility index (Phi) is 8.07. The molecule has 5 rings (SSSR count). The van der Waals surface area contributed by atoms with E-state index in [1.165, 1.54) is 0 Å². The molecule has 2 aliphatic carbocycles. The monoisotopic (exact) mass is 703 g/mol. The van der Waals surface area contributed by atoms with Crippen LogP contribution < -0.4 is 4.74 Å². The fourth-order valence-electron chi connectivity index (χ4n) is 6.41. The predicted molar refractivity (Wildman–Crippen MR) is 165 cm³/mol. The van der Waals surface area contributed by atoms with E-state index in [4.69, 9.17) is 16.3 Å². The number of carboxylic acids is 1. The first-order valence-electron chi connectivity index (χ1n) is 13.5. The summed E-state index contributed by atoms with van der Waals surface area (Å²) in [4.78, 5) is 41.9. The van der Waals surface area contributed by atoms with Crippen LogP contribution in [0, 0.1) is 10.8 Å². The number of rotatable bonds is 6. The van der Waals surface area contributed by atoms with Crippen molar-refractivity contribution in [3.63, 3.8) is 0 Å². The minimum atomic E-state index is -1.01. The van der Waals surface area contributed by atoms with Gasteiger partial charge in [0.2, 0.25) is 0 Å². The van der Waals surface area contributed by atoms with Crippen LogP contribution in [-0.4, -0.2) is 34.1 Å². The number of ketones is 2. The number of benzene rings is 2. The Morgan fingerprint density at radius 3 is 2.10 bits per heavy atom. The number of ether oxygens (including phenoxy) is 1. The van der Waals surface area contributed by atoms with Crippen LogP contribution >= 0.6 is 43.5 Å². The van der Waals surface area contributed by atoms with Crippen LogP contribution in [0.1, 0.15) is 70.4 Å². The summed E-state index contributed by atoms with van der Waals surface area (Å²) in [6, 6.07) is 11.2. The van der Waals surface area contributed by atoms with E-state index >= 15 is 0 Å². The van der Waals surface area contributed by atoms with Crippen LogP contribution in [0.3, 0.4) is 0 Å². The van der Waals surface area contributed by atoms with Gasteiger partial charge in [0.05, 0.1) is 4.47 Å². The van der Waals surface area contributed by atoms with Crippen LogP contribution in [0.5, 0.6) is 5.75 Å². The molecule has 0 bridgehead atoms. The largest absolute Gasteiger partial charge is 0.487 e. The standard InChI is InChI=1S/C32H32Br2ClNO5/c1-31(2)11-22-28(24(37)13-31)27(29-23(36(22)15-26(39)40)12-32(3,4)14-25(29)38)20-9-18(33)10-21(34)30(20)41-16-17-6-5-7-19(35)8-17/h5-10,27H,11-16H2,1-4H3,(H,39,40). The lowest BCUT2D eigenvalue weighted by molar-refractivity contribution is -0.138. The molecule has 0 amide bonds. The summed E-state index contributed by atoms with van der Waals surface area (Å²) in [5, 5.41) is 10.5. The summed E-state index contributed by atoms with van der Waals surface area (Å²) in [6.45, 7) is 8.02. The molecular weight excluding hydrogens is 674 g/mol. The number of allylic oxidation sites excluding steroid dienone is 4. The maximum absolute atomic E-state index is 14.0. The third-order valence-electron chi connectivity index (χ3n) is 7.94. The van der Waals surface area contributed by atoms with Crippen LogP contribution in [0.4, 0.5) is 0 Å². The lowest BCUT2D eigenvalue weighted by Gasteiger charge is -2.48. The van der Waals surface area contributed by atoms with Gasteiger partial charge in [-0.1, -0.05) is 67.4 Å². The van der Waals surface area contributed by atoms with E-state index in [2.05, 4.69) is 31.9 Å². The Hall–Kier alpha value is -2.42. The topological polar surface area (TPSA) is 83.9 Å². The van der Waals surface area contributed by atoms with E-state index in [0.29, 0.717) is 69.0 Å². The first-order chi connectivity index (χ1) is 19.2. The van der Waals surface area contributed by atoms with Crippen molar-refractivity contribution in [1.29, 1.82) is 0 Å². The van der Waals surface area contributed by atoms with Gasteiger partial charge >= 0.3 is 5.97 Å². The fraction of sp³-hybridized carbons (Fsp3) is 0.406. The molecule has 3 aliphatic rings. The second-order valence-electron chi connectivity index (χ2n) is 12.7. The molecular formula is C32H32Br2ClNO5. The van der Waals surface area contributed by atoms with Gasteiger partial charge in [-0.2, -0.15) is 0 Å². The normalized spacial score (nSPS) is 20.2. The number of aliphatic carboxylic acids is 1. The molecule has 2 aromatic carbocycles. The third-order valence-corrected chi connectivity index (χ3v) is 9.22. The maximum atomic E-state index is 14.0. The summed E-state index contributed by atoms with van der Waals surface area (Å²) in [6.07, 6.45) is 1.66. The molecule has 1 N–H and O–H groups in total. The van der Waals surface area contributed by atoms with Crippen molar-refractivity contribution in [3.05, 3.63) is 84.0 Å². The van der Waals surface area contributed by atoms with E-state index in [-0.39, 0.29) is 35.5 Å². The highest BCUT2D eigenvalue weighted by Gasteiger charge is 2.50. The lowest BCUT2D eigenvalue weighted by Crippen LogP contribution is -2.45. The third kappa shape index (κ3) is 6.06. The molecule has 2 aromatic rings. The van der Waals surface area contributed by atoms with Crippen LogP contribution in [0.2, 0.25) is 5.02 Å².